The summed E-state index contributed by atoms with van der Waals surface area (Å²) in [6, 6.07) is 0. The van der Waals surface area contributed by atoms with Gasteiger partial charge in [-0.15, -0.1) is 0 Å². The van der Waals surface area contributed by atoms with E-state index in [1.807, 2.05) is 0 Å². The number of rotatable bonds is 2. The summed E-state index contributed by atoms with van der Waals surface area (Å²) in [5.41, 5.74) is -4.64. The van der Waals surface area contributed by atoms with Crippen molar-refractivity contribution in [1.82, 2.24) is 0 Å². The molecule has 0 aromatic carbocycles. The van der Waals surface area contributed by atoms with Crippen LogP contribution in [0, 0.1) is 0 Å². The molecule has 8 nitrogen and oxygen atoms in total. The monoisotopic (exact) mass is 455 g/mol. The molecule has 1 fully saturated rings. The van der Waals surface area contributed by atoms with E-state index in [2.05, 4.69) is 31.2 Å². The quantitative estimate of drug-likeness (QED) is 0.411. The standard InChI is InChI=1S/C9H21N2.2CH2F3NO2S/c1-9(2,10)8-11(3)6-4-5-7-11;2*2-1(3,4)8(5,6)7/h4-8,10H2,1-3H3;2*(H2,5,6,7)/q+1;;. The van der Waals surface area contributed by atoms with Gasteiger partial charge in [-0.2, -0.15) is 26.3 Å². The van der Waals surface area contributed by atoms with E-state index < -0.39 is 31.1 Å². The molecule has 0 saturated carbocycles. The fraction of sp³-hybridized carbons (Fsp3) is 1.00. The number of alkyl halides is 6. The van der Waals surface area contributed by atoms with Crippen LogP contribution >= 0.6 is 0 Å². The van der Waals surface area contributed by atoms with Gasteiger partial charge in [-0.3, -0.25) is 0 Å². The van der Waals surface area contributed by atoms with Crippen LogP contribution in [-0.4, -0.2) is 64.6 Å². The van der Waals surface area contributed by atoms with E-state index in [0.717, 1.165) is 6.54 Å². The average Bonchev–Trinajstić information content (AvgIpc) is 2.68. The number of nitrogens with two attached hydrogens (primary N) is 3. The number of quaternary nitrogens is 1. The van der Waals surface area contributed by atoms with E-state index in [0.29, 0.717) is 0 Å². The second kappa shape index (κ2) is 9.21. The summed E-state index contributed by atoms with van der Waals surface area (Å²) < 4.78 is 104. The van der Waals surface area contributed by atoms with E-state index in [1.54, 1.807) is 0 Å². The predicted octanol–water partition coefficient (Wildman–Crippen LogP) is 0.553. The van der Waals surface area contributed by atoms with Gasteiger partial charge < -0.3 is 10.2 Å². The van der Waals surface area contributed by atoms with Crippen LogP contribution in [0.1, 0.15) is 26.7 Å². The maximum atomic E-state index is 10.8. The highest BCUT2D eigenvalue weighted by Crippen LogP contribution is 2.20. The Labute approximate surface area is 154 Å². The number of sulfonamides is 2. The van der Waals surface area contributed by atoms with Crippen LogP contribution in [0.2, 0.25) is 0 Å². The first kappa shape index (κ1) is 28.5. The summed E-state index contributed by atoms with van der Waals surface area (Å²) >= 11 is 0. The SMILES string of the molecule is CC(C)(N)C[N+]1(C)CCCC1.NS(=O)(=O)C(F)(F)F.NS(=O)(=O)C(F)(F)F. The summed E-state index contributed by atoms with van der Waals surface area (Å²) in [7, 11) is -8.36. The molecule has 1 rings (SSSR count). The third-order valence-electron chi connectivity index (χ3n) is 3.08. The molecule has 1 heterocycles. The van der Waals surface area contributed by atoms with Crippen molar-refractivity contribution in [3.63, 3.8) is 0 Å². The Morgan fingerprint density at radius 1 is 0.815 bits per heavy atom. The van der Waals surface area contributed by atoms with Gasteiger partial charge in [0, 0.05) is 12.8 Å². The highest BCUT2D eigenvalue weighted by atomic mass is 32.2. The number of hydrogen-bond donors (Lipinski definition) is 3. The molecule has 0 unspecified atom stereocenters. The molecule has 1 aliphatic heterocycles. The first-order valence-electron chi connectivity index (χ1n) is 7.22. The zero-order chi connectivity index (χ0) is 22.5. The Morgan fingerprint density at radius 3 is 1.19 bits per heavy atom. The molecule has 0 radical (unpaired) electrons. The lowest BCUT2D eigenvalue weighted by Crippen LogP contribution is -2.53. The van der Waals surface area contributed by atoms with Crippen molar-refractivity contribution in [3.05, 3.63) is 0 Å². The van der Waals surface area contributed by atoms with Gasteiger partial charge in [-0.05, 0) is 13.8 Å². The molecule has 0 aromatic heterocycles. The smallest absolute Gasteiger partial charge is 0.325 e. The lowest BCUT2D eigenvalue weighted by atomic mass is 10.1. The molecular weight excluding hydrogens is 430 g/mol. The minimum atomic E-state index is -5.34. The lowest BCUT2D eigenvalue weighted by Gasteiger charge is -2.35. The normalized spacial score (nSPS) is 18.1. The topological polar surface area (TPSA) is 146 Å². The Balaban J connectivity index is 0. The van der Waals surface area contributed by atoms with Crippen LogP contribution in [0.3, 0.4) is 0 Å². The van der Waals surface area contributed by atoms with Crippen molar-refractivity contribution < 1.29 is 47.7 Å². The summed E-state index contributed by atoms with van der Waals surface area (Å²) in [5.74, 6) is 0. The Hall–Kier alpha value is -0.680. The number of primary sulfonamides is 2. The number of halogens is 6. The Bertz CT molecular complexity index is 620. The van der Waals surface area contributed by atoms with Crippen LogP contribution in [0.5, 0.6) is 0 Å². The van der Waals surface area contributed by atoms with Crippen LogP contribution in [0.15, 0.2) is 0 Å². The van der Waals surface area contributed by atoms with Crippen LogP contribution < -0.4 is 16.0 Å². The summed E-state index contributed by atoms with van der Waals surface area (Å²) in [6.45, 7) is 8.00. The molecule has 1 aliphatic rings. The number of hydrogen-bond acceptors (Lipinski definition) is 5. The number of likely N-dealkylation sites (N-methyl/N-ethyl adjacent to an activating group) is 1. The summed E-state index contributed by atoms with van der Waals surface area (Å²) in [5, 5.41) is 7.32. The van der Waals surface area contributed by atoms with Gasteiger partial charge in [-0.25, -0.2) is 27.1 Å². The molecule has 166 valence electrons. The molecule has 6 N–H and O–H groups in total. The van der Waals surface area contributed by atoms with E-state index in [4.69, 9.17) is 5.73 Å². The Kier molecular flexibility index (Phi) is 9.73. The zero-order valence-electron chi connectivity index (χ0n) is 14.9. The summed E-state index contributed by atoms with van der Waals surface area (Å²) in [6.07, 6.45) is 2.76. The molecule has 0 amide bonds. The first-order valence-corrected chi connectivity index (χ1v) is 10.3. The van der Waals surface area contributed by atoms with Gasteiger partial charge in [0.05, 0.1) is 32.2 Å². The van der Waals surface area contributed by atoms with Crippen molar-refractivity contribution in [3.8, 4) is 0 Å². The third kappa shape index (κ3) is 13.2. The third-order valence-corrected chi connectivity index (χ3v) is 4.37. The molecule has 0 bridgehead atoms. The van der Waals surface area contributed by atoms with Crippen LogP contribution in [0.25, 0.3) is 0 Å². The molecule has 0 aromatic rings. The molecule has 0 spiro atoms. The lowest BCUT2D eigenvalue weighted by molar-refractivity contribution is -0.900. The number of likely N-dealkylation sites (tertiary alicyclic amines) is 1. The van der Waals surface area contributed by atoms with Crippen molar-refractivity contribution in [1.29, 1.82) is 0 Å². The predicted molar refractivity (Wildman–Crippen MR) is 86.6 cm³/mol. The first-order chi connectivity index (χ1) is 11.4. The maximum absolute atomic E-state index is 10.8. The maximum Gasteiger partial charge on any atom is 0.511 e. The van der Waals surface area contributed by atoms with E-state index >= 15 is 0 Å². The zero-order valence-corrected chi connectivity index (χ0v) is 16.6. The summed E-state index contributed by atoms with van der Waals surface area (Å²) in [4.78, 5) is 0. The average molecular weight is 455 g/mol. The molecule has 0 aliphatic carbocycles. The van der Waals surface area contributed by atoms with Gasteiger partial charge in [-0.1, -0.05) is 0 Å². The van der Waals surface area contributed by atoms with Gasteiger partial charge in [0.2, 0.25) is 0 Å². The Morgan fingerprint density at radius 2 is 1.04 bits per heavy atom. The molecule has 16 heteroatoms. The van der Waals surface area contributed by atoms with E-state index in [9.17, 15) is 43.2 Å². The fourth-order valence-electron chi connectivity index (χ4n) is 2.24. The van der Waals surface area contributed by atoms with Gasteiger partial charge in [0.1, 0.15) is 0 Å². The van der Waals surface area contributed by atoms with Crippen molar-refractivity contribution in [2.75, 3.05) is 26.7 Å². The molecule has 27 heavy (non-hydrogen) atoms. The van der Waals surface area contributed by atoms with Crippen molar-refractivity contribution in [2.45, 2.75) is 43.2 Å². The second-order valence-electron chi connectivity index (χ2n) is 6.90. The minimum absolute atomic E-state index is 0.000903. The fourth-order valence-corrected chi connectivity index (χ4v) is 2.24. The van der Waals surface area contributed by atoms with E-state index in [-0.39, 0.29) is 5.54 Å². The highest BCUT2D eigenvalue weighted by Gasteiger charge is 2.43. The molecular formula is C11H25F6N4O4S2+. The van der Waals surface area contributed by atoms with Crippen molar-refractivity contribution >= 4 is 20.0 Å². The van der Waals surface area contributed by atoms with Crippen LogP contribution in [0.4, 0.5) is 26.3 Å². The van der Waals surface area contributed by atoms with Gasteiger partial charge in [0.15, 0.2) is 0 Å². The largest absolute Gasteiger partial charge is 0.511 e. The molecule has 0 atom stereocenters. The van der Waals surface area contributed by atoms with Gasteiger partial charge >= 0.3 is 31.1 Å². The highest BCUT2D eigenvalue weighted by molar-refractivity contribution is 7.90. The second-order valence-corrected chi connectivity index (χ2v) is 10.0. The van der Waals surface area contributed by atoms with E-state index in [1.165, 1.54) is 30.4 Å². The van der Waals surface area contributed by atoms with Gasteiger partial charge in [0.25, 0.3) is 0 Å². The molecule has 1 saturated heterocycles. The number of nitrogens with zero attached hydrogens (tertiary/aromatic N) is 1. The van der Waals surface area contributed by atoms with Crippen LogP contribution in [-0.2, 0) is 20.0 Å². The minimum Gasteiger partial charge on any atom is -0.325 e. The van der Waals surface area contributed by atoms with Crippen molar-refractivity contribution in [2.24, 2.45) is 16.0 Å².